The van der Waals surface area contributed by atoms with E-state index < -0.39 is 11.5 Å². The van der Waals surface area contributed by atoms with Gasteiger partial charge in [0.15, 0.2) is 0 Å². The van der Waals surface area contributed by atoms with Crippen molar-refractivity contribution in [2.45, 2.75) is 26.2 Å². The number of rotatable bonds is 4. The Morgan fingerprint density at radius 2 is 1.88 bits per heavy atom. The molecule has 2 heterocycles. The van der Waals surface area contributed by atoms with E-state index in [0.29, 0.717) is 10.9 Å². The van der Waals surface area contributed by atoms with Crippen LogP contribution in [0.25, 0.3) is 10.9 Å². The first-order valence-electron chi connectivity index (χ1n) is 8.78. The number of nitrogens with one attached hydrogen (secondary N) is 1. The van der Waals surface area contributed by atoms with Gasteiger partial charge in [-0.2, -0.15) is 0 Å². The van der Waals surface area contributed by atoms with Crippen molar-refractivity contribution < 1.29 is 14.7 Å². The van der Waals surface area contributed by atoms with E-state index >= 15 is 0 Å². The van der Waals surface area contributed by atoms with E-state index in [0.717, 1.165) is 31.6 Å². The van der Waals surface area contributed by atoms with Crippen LogP contribution in [-0.2, 0) is 11.8 Å². The van der Waals surface area contributed by atoms with E-state index in [1.807, 2.05) is 12.1 Å². The molecule has 7 nitrogen and oxygen atoms in total. The van der Waals surface area contributed by atoms with Crippen LogP contribution in [0, 0.1) is 0 Å². The minimum Gasteiger partial charge on any atom is -0.506 e. The Balaban J connectivity index is 2.06. The zero-order valence-electron chi connectivity index (χ0n) is 15.0. The molecule has 0 aliphatic carbocycles. The lowest BCUT2D eigenvalue weighted by atomic mass is 10.1. The first-order chi connectivity index (χ1) is 12.4. The SMILES string of the molecule is CC(=O)CNC(=O)c1c(O)c2ccc(N3CCCCC3)cc2n(C)c1=O. The summed E-state index contributed by atoms with van der Waals surface area (Å²) in [6.07, 6.45) is 3.50. The van der Waals surface area contributed by atoms with Crippen LogP contribution in [-0.4, -0.2) is 41.0 Å². The van der Waals surface area contributed by atoms with Crippen LogP contribution in [0.3, 0.4) is 0 Å². The molecule has 1 aliphatic rings. The van der Waals surface area contributed by atoms with Gasteiger partial charge in [-0.25, -0.2) is 0 Å². The van der Waals surface area contributed by atoms with E-state index in [1.54, 1.807) is 13.1 Å². The number of pyridine rings is 1. The summed E-state index contributed by atoms with van der Waals surface area (Å²) in [7, 11) is 1.58. The third-order valence-electron chi connectivity index (χ3n) is 4.80. The minimum atomic E-state index is -0.750. The van der Waals surface area contributed by atoms with Crippen LogP contribution in [0.5, 0.6) is 5.75 Å². The normalized spacial score (nSPS) is 14.5. The summed E-state index contributed by atoms with van der Waals surface area (Å²) in [5.41, 5.74) is 0.637. The van der Waals surface area contributed by atoms with Gasteiger partial charge in [0.25, 0.3) is 11.5 Å². The lowest BCUT2D eigenvalue weighted by Crippen LogP contribution is -2.35. The number of Topliss-reactive ketones (excluding diaryl/α,β-unsaturated/α-hetero) is 1. The molecule has 1 fully saturated rings. The fourth-order valence-corrected chi connectivity index (χ4v) is 3.36. The zero-order chi connectivity index (χ0) is 18.8. The molecule has 2 aromatic rings. The van der Waals surface area contributed by atoms with Crippen molar-refractivity contribution in [2.75, 3.05) is 24.5 Å². The average molecular weight is 357 g/mol. The van der Waals surface area contributed by atoms with E-state index in [-0.39, 0.29) is 23.6 Å². The first-order valence-corrected chi connectivity index (χ1v) is 8.78. The zero-order valence-corrected chi connectivity index (χ0v) is 15.0. The van der Waals surface area contributed by atoms with Gasteiger partial charge < -0.3 is 19.9 Å². The highest BCUT2D eigenvalue weighted by Crippen LogP contribution is 2.30. The van der Waals surface area contributed by atoms with Crippen LogP contribution in [0.4, 0.5) is 5.69 Å². The van der Waals surface area contributed by atoms with Crippen LogP contribution in [0.15, 0.2) is 23.0 Å². The summed E-state index contributed by atoms with van der Waals surface area (Å²) in [6, 6.07) is 5.50. The number of hydrogen-bond acceptors (Lipinski definition) is 5. The second-order valence-corrected chi connectivity index (χ2v) is 6.72. The summed E-state index contributed by atoms with van der Waals surface area (Å²) in [5, 5.41) is 13.3. The van der Waals surface area contributed by atoms with Crippen LogP contribution >= 0.6 is 0 Å². The maximum atomic E-state index is 12.6. The third-order valence-corrected chi connectivity index (χ3v) is 4.80. The van der Waals surface area contributed by atoms with Crippen LogP contribution in [0.1, 0.15) is 36.5 Å². The van der Waals surface area contributed by atoms with Crippen molar-refractivity contribution in [3.05, 3.63) is 34.1 Å². The molecule has 0 saturated carbocycles. The van der Waals surface area contributed by atoms with E-state index in [4.69, 9.17) is 0 Å². The average Bonchev–Trinajstić information content (AvgIpc) is 2.65. The number of benzene rings is 1. The molecule has 0 radical (unpaired) electrons. The van der Waals surface area contributed by atoms with E-state index in [2.05, 4.69) is 10.2 Å². The maximum Gasteiger partial charge on any atom is 0.267 e. The van der Waals surface area contributed by atoms with Gasteiger partial charge in [0.1, 0.15) is 17.1 Å². The largest absolute Gasteiger partial charge is 0.506 e. The van der Waals surface area contributed by atoms with Gasteiger partial charge in [-0.1, -0.05) is 0 Å². The molecule has 0 spiro atoms. The standard InChI is InChI=1S/C19H23N3O4/c1-12(23)11-20-18(25)16-17(24)14-7-6-13(22-8-4-3-5-9-22)10-15(14)21(2)19(16)26/h6-7,10,24H,3-5,8-9,11H2,1-2H3,(H,20,25). The van der Waals surface area contributed by atoms with Gasteiger partial charge in [0.05, 0.1) is 12.1 Å². The molecule has 1 saturated heterocycles. The van der Waals surface area contributed by atoms with E-state index in [9.17, 15) is 19.5 Å². The highest BCUT2D eigenvalue weighted by Gasteiger charge is 2.22. The first kappa shape index (κ1) is 18.0. The number of hydrogen-bond donors (Lipinski definition) is 2. The van der Waals surface area contributed by atoms with Gasteiger partial charge in [-0.15, -0.1) is 0 Å². The number of fused-ring (bicyclic) bond motifs is 1. The predicted octanol–water partition coefficient (Wildman–Crippen LogP) is 1.55. The Hall–Kier alpha value is -2.83. The fourth-order valence-electron chi connectivity index (χ4n) is 3.36. The number of piperidine rings is 1. The summed E-state index contributed by atoms with van der Waals surface area (Å²) >= 11 is 0. The number of anilines is 1. The summed E-state index contributed by atoms with van der Waals surface area (Å²) in [5.74, 6) is -1.34. The van der Waals surface area contributed by atoms with Gasteiger partial charge in [-0.05, 0) is 44.4 Å². The summed E-state index contributed by atoms with van der Waals surface area (Å²) in [6.45, 7) is 3.09. The third kappa shape index (κ3) is 3.29. The number of ketones is 1. The molecular weight excluding hydrogens is 334 g/mol. The monoisotopic (exact) mass is 357 g/mol. The topological polar surface area (TPSA) is 91.6 Å². The second-order valence-electron chi connectivity index (χ2n) is 6.72. The lowest BCUT2D eigenvalue weighted by Gasteiger charge is -2.29. The molecule has 1 aromatic heterocycles. The molecule has 3 rings (SSSR count). The van der Waals surface area contributed by atoms with Gasteiger partial charge in [0.2, 0.25) is 0 Å². The molecule has 26 heavy (non-hydrogen) atoms. The van der Waals surface area contributed by atoms with Crippen molar-refractivity contribution in [1.29, 1.82) is 0 Å². The predicted molar refractivity (Wildman–Crippen MR) is 99.9 cm³/mol. The number of aromatic nitrogens is 1. The lowest BCUT2D eigenvalue weighted by molar-refractivity contribution is -0.116. The van der Waals surface area contributed by atoms with E-state index in [1.165, 1.54) is 17.9 Å². The van der Waals surface area contributed by atoms with Crippen molar-refractivity contribution >= 4 is 28.3 Å². The van der Waals surface area contributed by atoms with Crippen LogP contribution in [0.2, 0.25) is 0 Å². The Morgan fingerprint density at radius 3 is 2.54 bits per heavy atom. The van der Waals surface area contributed by atoms with Crippen LogP contribution < -0.4 is 15.8 Å². The van der Waals surface area contributed by atoms with Crippen molar-refractivity contribution in [3.63, 3.8) is 0 Å². The van der Waals surface area contributed by atoms with Crippen molar-refractivity contribution in [3.8, 4) is 5.75 Å². The van der Waals surface area contributed by atoms with Gasteiger partial charge in [-0.3, -0.25) is 14.4 Å². The quantitative estimate of drug-likeness (QED) is 0.866. The van der Waals surface area contributed by atoms with Crippen molar-refractivity contribution in [2.24, 2.45) is 7.05 Å². The molecule has 1 amide bonds. The summed E-state index contributed by atoms with van der Waals surface area (Å²) < 4.78 is 1.37. The minimum absolute atomic E-state index is 0.187. The molecule has 1 aromatic carbocycles. The Kier molecular flexibility index (Phi) is 4.97. The fraction of sp³-hybridized carbons (Fsp3) is 0.421. The number of amides is 1. The number of carbonyl (C=O) groups excluding carboxylic acids is 2. The maximum absolute atomic E-state index is 12.6. The molecule has 0 unspecified atom stereocenters. The Bertz CT molecular complexity index is 927. The van der Waals surface area contributed by atoms with Crippen molar-refractivity contribution in [1.82, 2.24) is 9.88 Å². The molecule has 7 heteroatoms. The number of aromatic hydroxyl groups is 1. The highest BCUT2D eigenvalue weighted by atomic mass is 16.3. The smallest absolute Gasteiger partial charge is 0.267 e. The number of aryl methyl sites for hydroxylation is 1. The highest BCUT2D eigenvalue weighted by molar-refractivity contribution is 6.03. The Labute approximate surface area is 151 Å². The molecule has 0 bridgehead atoms. The molecule has 1 aliphatic heterocycles. The van der Waals surface area contributed by atoms with Gasteiger partial charge in [0, 0.05) is 31.2 Å². The molecule has 2 N–H and O–H groups in total. The molecule has 0 atom stereocenters. The summed E-state index contributed by atoms with van der Waals surface area (Å²) in [4.78, 5) is 38.2. The number of nitrogens with zero attached hydrogens (tertiary/aromatic N) is 2. The molecule has 138 valence electrons. The second kappa shape index (κ2) is 7.19. The number of carbonyl (C=O) groups is 2. The Morgan fingerprint density at radius 1 is 1.19 bits per heavy atom. The molecular formula is C19H23N3O4. The van der Waals surface area contributed by atoms with Gasteiger partial charge >= 0.3 is 0 Å².